The first-order chi connectivity index (χ1) is 6.22. The maximum Gasteiger partial charge on any atom is 0.234 e. The maximum atomic E-state index is 10.4. The number of rotatable bonds is 2. The van der Waals surface area contributed by atoms with Gasteiger partial charge in [0.1, 0.15) is 0 Å². The van der Waals surface area contributed by atoms with E-state index in [0.717, 1.165) is 24.8 Å². The average molecular weight is 183 g/mol. The molecule has 3 atom stereocenters. The molecule has 0 radical (unpaired) electrons. The van der Waals surface area contributed by atoms with Crippen molar-refractivity contribution in [2.24, 2.45) is 11.8 Å². The lowest BCUT2D eigenvalue weighted by Gasteiger charge is -2.18. The van der Waals surface area contributed by atoms with Crippen LogP contribution in [-0.4, -0.2) is 18.1 Å². The van der Waals surface area contributed by atoms with Gasteiger partial charge in [0.15, 0.2) is 0 Å². The molecule has 2 rings (SSSR count). The molecule has 4 nitrogen and oxygen atoms in total. The number of nitrogens with zero attached hydrogens (tertiary/aromatic N) is 1. The summed E-state index contributed by atoms with van der Waals surface area (Å²) in [6.45, 7) is 0. The predicted octanol–water partition coefficient (Wildman–Crippen LogP) is 1.59. The van der Waals surface area contributed by atoms with Gasteiger partial charge in [0.2, 0.25) is 6.20 Å². The summed E-state index contributed by atoms with van der Waals surface area (Å²) in [6, 6.07) is 0. The van der Waals surface area contributed by atoms with E-state index in [1.165, 1.54) is 6.20 Å². The first-order valence-corrected chi connectivity index (χ1v) is 4.60. The Kier molecular flexibility index (Phi) is 2.07. The van der Waals surface area contributed by atoms with Crippen LogP contribution in [0, 0.1) is 22.0 Å². The van der Waals surface area contributed by atoms with Gasteiger partial charge in [-0.2, -0.15) is 0 Å². The van der Waals surface area contributed by atoms with Crippen molar-refractivity contribution in [3.8, 4) is 0 Å². The molecular formula is C9H13NO3. The Balaban J connectivity index is 2.19. The lowest BCUT2D eigenvalue weighted by atomic mass is 9.98. The molecule has 0 aromatic carbocycles. The monoisotopic (exact) mass is 183 g/mol. The van der Waals surface area contributed by atoms with Gasteiger partial charge >= 0.3 is 0 Å². The molecule has 0 heterocycles. The molecule has 2 aliphatic carbocycles. The fraction of sp³-hybridized carbons (Fsp3) is 0.778. The number of hydrogen-bond acceptors (Lipinski definition) is 3. The van der Waals surface area contributed by atoms with Gasteiger partial charge in [0.25, 0.3) is 0 Å². The zero-order valence-corrected chi connectivity index (χ0v) is 7.60. The van der Waals surface area contributed by atoms with Crippen LogP contribution in [0.1, 0.15) is 19.3 Å². The third kappa shape index (κ3) is 1.35. The molecule has 0 aromatic rings. The molecule has 0 aromatic heterocycles. The summed E-state index contributed by atoms with van der Waals surface area (Å²) in [5.74, 6) is 0.737. The quantitative estimate of drug-likeness (QED) is 0.482. The van der Waals surface area contributed by atoms with Crippen molar-refractivity contribution in [3.63, 3.8) is 0 Å². The van der Waals surface area contributed by atoms with Gasteiger partial charge in [-0.05, 0) is 25.2 Å². The van der Waals surface area contributed by atoms with Gasteiger partial charge in [-0.3, -0.25) is 10.1 Å². The average Bonchev–Trinajstić information content (AvgIpc) is 2.61. The molecule has 2 fully saturated rings. The SMILES string of the molecule is COC1CC2CCC1/C2=C/[N+](=O)[O-]. The van der Waals surface area contributed by atoms with E-state index in [9.17, 15) is 10.1 Å². The van der Waals surface area contributed by atoms with E-state index in [-0.39, 0.29) is 11.0 Å². The number of ether oxygens (including phenoxy) is 1. The molecular weight excluding hydrogens is 170 g/mol. The fourth-order valence-corrected chi connectivity index (χ4v) is 2.70. The van der Waals surface area contributed by atoms with Gasteiger partial charge < -0.3 is 4.74 Å². The number of hydrogen-bond donors (Lipinski definition) is 0. The molecule has 0 saturated heterocycles. The predicted molar refractivity (Wildman–Crippen MR) is 46.7 cm³/mol. The van der Waals surface area contributed by atoms with Crippen LogP contribution in [0.25, 0.3) is 0 Å². The van der Waals surface area contributed by atoms with Crippen molar-refractivity contribution in [1.82, 2.24) is 0 Å². The van der Waals surface area contributed by atoms with Gasteiger partial charge in [-0.15, -0.1) is 0 Å². The minimum Gasteiger partial charge on any atom is -0.381 e. The first kappa shape index (κ1) is 8.69. The summed E-state index contributed by atoms with van der Waals surface area (Å²) in [7, 11) is 1.69. The summed E-state index contributed by atoms with van der Waals surface area (Å²) < 4.78 is 5.29. The minimum absolute atomic E-state index is 0.227. The van der Waals surface area contributed by atoms with Crippen molar-refractivity contribution in [3.05, 3.63) is 21.9 Å². The van der Waals surface area contributed by atoms with Crippen LogP contribution in [0.2, 0.25) is 0 Å². The third-order valence-electron chi connectivity index (χ3n) is 3.25. The Morgan fingerprint density at radius 2 is 2.38 bits per heavy atom. The highest BCUT2D eigenvalue weighted by atomic mass is 16.6. The van der Waals surface area contributed by atoms with Gasteiger partial charge in [-0.25, -0.2) is 0 Å². The Morgan fingerprint density at radius 1 is 1.62 bits per heavy atom. The summed E-state index contributed by atoms with van der Waals surface area (Å²) in [6.07, 6.45) is 4.56. The van der Waals surface area contributed by atoms with Crippen LogP contribution in [0.15, 0.2) is 11.8 Å². The van der Waals surface area contributed by atoms with Crippen LogP contribution < -0.4 is 0 Å². The standard InChI is InChI=1S/C9H13NO3/c1-13-9-4-6-2-3-7(9)8(6)5-10(11)12/h5-7,9H,2-4H2,1H3/b8-5+. The van der Waals surface area contributed by atoms with Crippen LogP contribution in [0.5, 0.6) is 0 Å². The van der Waals surface area contributed by atoms with Gasteiger partial charge in [0, 0.05) is 18.6 Å². The van der Waals surface area contributed by atoms with Crippen molar-refractivity contribution >= 4 is 0 Å². The molecule has 0 amide bonds. The normalized spacial score (nSPS) is 40.1. The van der Waals surface area contributed by atoms with Crippen LogP contribution in [0.3, 0.4) is 0 Å². The van der Waals surface area contributed by atoms with Gasteiger partial charge in [0.05, 0.1) is 11.0 Å². The maximum absolute atomic E-state index is 10.4. The van der Waals surface area contributed by atoms with Crippen LogP contribution >= 0.6 is 0 Å². The second kappa shape index (κ2) is 3.10. The molecule has 72 valence electrons. The second-order valence-electron chi connectivity index (χ2n) is 3.81. The second-order valence-corrected chi connectivity index (χ2v) is 3.81. The van der Waals surface area contributed by atoms with E-state index in [1.807, 2.05) is 0 Å². The number of nitro groups is 1. The number of fused-ring (bicyclic) bond motifs is 2. The number of methoxy groups -OCH3 is 1. The smallest absolute Gasteiger partial charge is 0.234 e. The Bertz CT molecular complexity index is 262. The third-order valence-corrected chi connectivity index (χ3v) is 3.25. The lowest BCUT2D eigenvalue weighted by Crippen LogP contribution is -2.18. The Labute approximate surface area is 76.7 Å². The highest BCUT2D eigenvalue weighted by Crippen LogP contribution is 2.49. The molecule has 2 aliphatic rings. The Morgan fingerprint density at radius 3 is 2.92 bits per heavy atom. The summed E-state index contributed by atoms with van der Waals surface area (Å²) in [5, 5.41) is 10.4. The van der Waals surface area contributed by atoms with Gasteiger partial charge in [-0.1, -0.05) is 0 Å². The Hall–Kier alpha value is -0.900. The summed E-state index contributed by atoms with van der Waals surface area (Å²) in [4.78, 5) is 10.0. The van der Waals surface area contributed by atoms with Crippen molar-refractivity contribution in [2.45, 2.75) is 25.4 Å². The molecule has 2 bridgehead atoms. The van der Waals surface area contributed by atoms with E-state index >= 15 is 0 Å². The molecule has 2 saturated carbocycles. The zero-order chi connectivity index (χ0) is 9.42. The van der Waals surface area contributed by atoms with E-state index in [1.54, 1.807) is 7.11 Å². The molecule has 4 heteroatoms. The van der Waals surface area contributed by atoms with E-state index in [4.69, 9.17) is 4.74 Å². The highest BCUT2D eigenvalue weighted by molar-refractivity contribution is 5.21. The zero-order valence-electron chi connectivity index (χ0n) is 7.60. The molecule has 0 N–H and O–H groups in total. The molecule has 13 heavy (non-hydrogen) atoms. The summed E-state index contributed by atoms with van der Waals surface area (Å²) in [5.41, 5.74) is 1.01. The lowest BCUT2D eigenvalue weighted by molar-refractivity contribution is -0.404. The largest absolute Gasteiger partial charge is 0.381 e. The minimum atomic E-state index is -0.335. The highest BCUT2D eigenvalue weighted by Gasteiger charge is 2.45. The fourth-order valence-electron chi connectivity index (χ4n) is 2.70. The van der Waals surface area contributed by atoms with Crippen molar-refractivity contribution in [1.29, 1.82) is 0 Å². The topological polar surface area (TPSA) is 52.4 Å². The van der Waals surface area contributed by atoms with E-state index < -0.39 is 0 Å². The van der Waals surface area contributed by atoms with Crippen molar-refractivity contribution < 1.29 is 9.66 Å². The molecule has 0 aliphatic heterocycles. The van der Waals surface area contributed by atoms with E-state index in [2.05, 4.69) is 0 Å². The van der Waals surface area contributed by atoms with Crippen LogP contribution in [-0.2, 0) is 4.74 Å². The van der Waals surface area contributed by atoms with Crippen molar-refractivity contribution in [2.75, 3.05) is 7.11 Å². The molecule has 0 spiro atoms. The van der Waals surface area contributed by atoms with E-state index in [0.29, 0.717) is 11.8 Å². The first-order valence-electron chi connectivity index (χ1n) is 4.60. The molecule has 3 unspecified atom stereocenters. The van der Waals surface area contributed by atoms with Crippen LogP contribution in [0.4, 0.5) is 0 Å². The summed E-state index contributed by atoms with van der Waals surface area (Å²) >= 11 is 0.